The molecule has 0 radical (unpaired) electrons. The van der Waals surface area contributed by atoms with Crippen LogP contribution in [0.3, 0.4) is 0 Å². The first kappa shape index (κ1) is 14.6. The molecule has 2 aliphatic rings. The maximum Gasteiger partial charge on any atom is 0.160 e. The number of phenols is 1. The smallest absolute Gasteiger partial charge is 0.160 e. The molecular weight excluding hydrogens is 268 g/mol. The Morgan fingerprint density at radius 1 is 1.29 bits per heavy atom. The summed E-state index contributed by atoms with van der Waals surface area (Å²) in [6, 6.07) is 6.27. The van der Waals surface area contributed by atoms with Gasteiger partial charge in [-0.1, -0.05) is 6.07 Å². The fourth-order valence-electron chi connectivity index (χ4n) is 3.28. The lowest BCUT2D eigenvalue weighted by atomic mass is 10.2. The molecule has 2 heterocycles. The predicted molar refractivity (Wildman–Crippen MR) is 80.7 cm³/mol. The van der Waals surface area contributed by atoms with Crippen LogP contribution in [0, 0.1) is 0 Å². The molecule has 21 heavy (non-hydrogen) atoms. The van der Waals surface area contributed by atoms with Gasteiger partial charge in [0.05, 0.1) is 20.3 Å². The zero-order valence-electron chi connectivity index (χ0n) is 12.6. The molecule has 0 spiro atoms. The molecule has 1 N–H and O–H groups in total. The van der Waals surface area contributed by atoms with Crippen LogP contribution in [0.4, 0.5) is 0 Å². The molecule has 1 aromatic carbocycles. The second-order valence-corrected chi connectivity index (χ2v) is 5.83. The molecule has 3 rings (SSSR count). The third-order valence-electron chi connectivity index (χ3n) is 4.46. The van der Waals surface area contributed by atoms with Crippen LogP contribution in [0.1, 0.15) is 12.0 Å². The quantitative estimate of drug-likeness (QED) is 0.906. The molecule has 0 aliphatic carbocycles. The zero-order chi connectivity index (χ0) is 14.7. The Morgan fingerprint density at radius 2 is 2.10 bits per heavy atom. The van der Waals surface area contributed by atoms with Crippen LogP contribution >= 0.6 is 0 Å². The summed E-state index contributed by atoms with van der Waals surface area (Å²) in [6.45, 7) is 7.01. The van der Waals surface area contributed by atoms with Crippen molar-refractivity contribution in [2.75, 3.05) is 46.5 Å². The summed E-state index contributed by atoms with van der Waals surface area (Å²) in [5.41, 5.74) is 1.19. The van der Waals surface area contributed by atoms with Crippen LogP contribution in [-0.4, -0.2) is 67.5 Å². The normalized spacial score (nSPS) is 24.3. The van der Waals surface area contributed by atoms with E-state index in [1.54, 1.807) is 13.2 Å². The number of hydrogen-bond donors (Lipinski definition) is 1. The number of morpholine rings is 1. The largest absolute Gasteiger partial charge is 0.504 e. The molecular formula is C16H24N2O3. The maximum atomic E-state index is 9.65. The topological polar surface area (TPSA) is 45.2 Å². The average molecular weight is 292 g/mol. The van der Waals surface area contributed by atoms with Crippen molar-refractivity contribution < 1.29 is 14.6 Å². The highest BCUT2D eigenvalue weighted by Crippen LogP contribution is 2.27. The van der Waals surface area contributed by atoms with E-state index in [2.05, 4.69) is 9.80 Å². The van der Waals surface area contributed by atoms with Gasteiger partial charge in [0, 0.05) is 38.8 Å². The first-order chi connectivity index (χ1) is 10.3. The van der Waals surface area contributed by atoms with Crippen molar-refractivity contribution in [1.29, 1.82) is 0 Å². The van der Waals surface area contributed by atoms with Gasteiger partial charge in [-0.15, -0.1) is 0 Å². The van der Waals surface area contributed by atoms with E-state index >= 15 is 0 Å². The van der Waals surface area contributed by atoms with E-state index < -0.39 is 0 Å². The van der Waals surface area contributed by atoms with E-state index in [0.717, 1.165) is 45.9 Å². The molecule has 5 nitrogen and oxygen atoms in total. The number of nitrogens with zero attached hydrogens (tertiary/aromatic N) is 2. The summed E-state index contributed by atoms with van der Waals surface area (Å²) in [6.07, 6.45) is 1.23. The number of rotatable bonds is 4. The first-order valence-corrected chi connectivity index (χ1v) is 7.66. The average Bonchev–Trinajstić information content (AvgIpc) is 2.98. The standard InChI is InChI=1S/C16H24N2O3/c1-20-16-10-13(2-3-15(16)19)11-17-5-4-14(12-17)18-6-8-21-9-7-18/h2-3,10,14,19H,4-9,11-12H2,1H3. The molecule has 0 saturated carbocycles. The third kappa shape index (κ3) is 3.48. The van der Waals surface area contributed by atoms with E-state index in [0.29, 0.717) is 11.8 Å². The van der Waals surface area contributed by atoms with Gasteiger partial charge in [0.25, 0.3) is 0 Å². The van der Waals surface area contributed by atoms with Crippen LogP contribution in [0.2, 0.25) is 0 Å². The number of likely N-dealkylation sites (tertiary alicyclic amines) is 1. The van der Waals surface area contributed by atoms with Gasteiger partial charge in [-0.05, 0) is 24.1 Å². The van der Waals surface area contributed by atoms with Crippen molar-refractivity contribution in [3.05, 3.63) is 23.8 Å². The van der Waals surface area contributed by atoms with Gasteiger partial charge in [-0.25, -0.2) is 0 Å². The first-order valence-electron chi connectivity index (χ1n) is 7.66. The predicted octanol–water partition coefficient (Wildman–Crippen LogP) is 1.31. The Hall–Kier alpha value is -1.30. The van der Waals surface area contributed by atoms with E-state index in [-0.39, 0.29) is 5.75 Å². The molecule has 116 valence electrons. The molecule has 0 amide bonds. The van der Waals surface area contributed by atoms with Gasteiger partial charge in [0.2, 0.25) is 0 Å². The molecule has 5 heteroatoms. The summed E-state index contributed by atoms with van der Waals surface area (Å²) in [5, 5.41) is 9.65. The summed E-state index contributed by atoms with van der Waals surface area (Å²) >= 11 is 0. The van der Waals surface area contributed by atoms with Gasteiger partial charge >= 0.3 is 0 Å². The van der Waals surface area contributed by atoms with E-state index in [1.807, 2.05) is 12.1 Å². The second-order valence-electron chi connectivity index (χ2n) is 5.83. The minimum absolute atomic E-state index is 0.203. The van der Waals surface area contributed by atoms with Crippen molar-refractivity contribution in [3.63, 3.8) is 0 Å². The molecule has 1 atom stereocenters. The van der Waals surface area contributed by atoms with Crippen molar-refractivity contribution in [1.82, 2.24) is 9.80 Å². The Morgan fingerprint density at radius 3 is 2.86 bits per heavy atom. The number of ether oxygens (including phenoxy) is 2. The number of phenolic OH excluding ortho intramolecular Hbond substituents is 1. The molecule has 1 unspecified atom stereocenters. The Balaban J connectivity index is 1.56. The van der Waals surface area contributed by atoms with Gasteiger partial charge in [0.15, 0.2) is 11.5 Å². The fraction of sp³-hybridized carbons (Fsp3) is 0.625. The highest BCUT2D eigenvalue weighted by molar-refractivity contribution is 5.41. The molecule has 2 fully saturated rings. The zero-order valence-corrected chi connectivity index (χ0v) is 12.6. The van der Waals surface area contributed by atoms with E-state index in [1.165, 1.54) is 12.0 Å². The third-order valence-corrected chi connectivity index (χ3v) is 4.46. The minimum Gasteiger partial charge on any atom is -0.504 e. The second kappa shape index (κ2) is 6.64. The lowest BCUT2D eigenvalue weighted by molar-refractivity contribution is 0.0184. The monoisotopic (exact) mass is 292 g/mol. The molecule has 0 bridgehead atoms. The van der Waals surface area contributed by atoms with Crippen LogP contribution in [-0.2, 0) is 11.3 Å². The van der Waals surface area contributed by atoms with Gasteiger partial charge < -0.3 is 14.6 Å². The fourth-order valence-corrected chi connectivity index (χ4v) is 3.28. The van der Waals surface area contributed by atoms with Crippen molar-refractivity contribution in [3.8, 4) is 11.5 Å². The Bertz CT molecular complexity index is 475. The highest BCUT2D eigenvalue weighted by atomic mass is 16.5. The van der Waals surface area contributed by atoms with Crippen LogP contribution < -0.4 is 4.74 Å². The number of hydrogen-bond acceptors (Lipinski definition) is 5. The van der Waals surface area contributed by atoms with Crippen molar-refractivity contribution in [2.45, 2.75) is 19.0 Å². The van der Waals surface area contributed by atoms with Gasteiger partial charge in [-0.2, -0.15) is 0 Å². The SMILES string of the molecule is COc1cc(CN2CCC(N3CCOCC3)C2)ccc1O. The van der Waals surface area contributed by atoms with E-state index in [9.17, 15) is 5.11 Å². The Kier molecular flexibility index (Phi) is 4.63. The van der Waals surface area contributed by atoms with Crippen LogP contribution in [0.25, 0.3) is 0 Å². The number of benzene rings is 1. The van der Waals surface area contributed by atoms with Crippen molar-refractivity contribution >= 4 is 0 Å². The number of aromatic hydroxyl groups is 1. The van der Waals surface area contributed by atoms with E-state index in [4.69, 9.17) is 9.47 Å². The van der Waals surface area contributed by atoms with Gasteiger partial charge in [0.1, 0.15) is 0 Å². The minimum atomic E-state index is 0.203. The maximum absolute atomic E-state index is 9.65. The molecule has 1 aromatic rings. The van der Waals surface area contributed by atoms with Crippen LogP contribution in [0.5, 0.6) is 11.5 Å². The summed E-state index contributed by atoms with van der Waals surface area (Å²) in [7, 11) is 1.59. The summed E-state index contributed by atoms with van der Waals surface area (Å²) in [5.74, 6) is 0.755. The molecule has 2 aliphatic heterocycles. The Labute approximate surface area is 126 Å². The summed E-state index contributed by atoms with van der Waals surface area (Å²) in [4.78, 5) is 5.03. The molecule has 2 saturated heterocycles. The number of methoxy groups -OCH3 is 1. The highest BCUT2D eigenvalue weighted by Gasteiger charge is 2.28. The summed E-state index contributed by atoms with van der Waals surface area (Å²) < 4.78 is 10.6. The van der Waals surface area contributed by atoms with Crippen LogP contribution in [0.15, 0.2) is 18.2 Å². The van der Waals surface area contributed by atoms with Gasteiger partial charge in [-0.3, -0.25) is 9.80 Å². The molecule has 0 aromatic heterocycles. The lowest BCUT2D eigenvalue weighted by Gasteiger charge is -2.32. The lowest BCUT2D eigenvalue weighted by Crippen LogP contribution is -2.44. The van der Waals surface area contributed by atoms with Crippen molar-refractivity contribution in [2.24, 2.45) is 0 Å².